The summed E-state index contributed by atoms with van der Waals surface area (Å²) >= 11 is 0. The van der Waals surface area contributed by atoms with E-state index in [0.717, 1.165) is 30.9 Å². The highest BCUT2D eigenvalue weighted by Crippen LogP contribution is 2.74. The lowest BCUT2D eigenvalue weighted by Gasteiger charge is -2.54. The Bertz CT molecular complexity index is 1470. The Labute approximate surface area is 242 Å². The maximum absolute atomic E-state index is 14.9. The highest BCUT2D eigenvalue weighted by molar-refractivity contribution is 7.04. The summed E-state index contributed by atoms with van der Waals surface area (Å²) in [7, 11) is -2.36. The van der Waals surface area contributed by atoms with E-state index < -0.39 is 8.07 Å². The second-order valence-electron chi connectivity index (χ2n) is 14.4. The Balaban J connectivity index is 1.54. The number of fused-ring (bicyclic) bond motifs is 2. The monoisotopic (exact) mass is 544 g/mol. The normalized spacial score (nSPS) is 24.3. The van der Waals surface area contributed by atoms with Gasteiger partial charge < -0.3 is 0 Å². The van der Waals surface area contributed by atoms with Crippen molar-refractivity contribution in [1.82, 2.24) is 0 Å². The lowest BCUT2D eigenvalue weighted by atomic mass is 9.56. The van der Waals surface area contributed by atoms with E-state index in [1.54, 1.807) is 0 Å². The van der Waals surface area contributed by atoms with E-state index in [0.29, 0.717) is 17.6 Å². The first-order valence-electron chi connectivity index (χ1n) is 15.2. The summed E-state index contributed by atoms with van der Waals surface area (Å²) in [6, 6.07) is 38.8. The van der Waals surface area contributed by atoms with Crippen LogP contribution in [0, 0.1) is 22.7 Å². The van der Waals surface area contributed by atoms with Gasteiger partial charge in [0.2, 0.25) is 0 Å². The largest absolute Gasteiger partial charge is 0.294 e. The average molecular weight is 545 g/mol. The third-order valence-corrected chi connectivity index (χ3v) is 17.0. The molecule has 7 rings (SSSR count). The summed E-state index contributed by atoms with van der Waals surface area (Å²) in [4.78, 5) is 14.9. The van der Waals surface area contributed by atoms with Gasteiger partial charge in [-0.3, -0.25) is 4.79 Å². The Morgan fingerprint density at radius 3 is 1.88 bits per heavy atom. The summed E-state index contributed by atoms with van der Waals surface area (Å²) in [5, 5.41) is 5.47. The van der Waals surface area contributed by atoms with E-state index in [1.807, 2.05) is 0 Å². The van der Waals surface area contributed by atoms with Crippen molar-refractivity contribution in [1.29, 1.82) is 0 Å². The minimum absolute atomic E-state index is 0.000251. The molecule has 0 N–H and O–H groups in total. The fraction of sp³-hybridized carbons (Fsp3) is 0.395. The lowest BCUT2D eigenvalue weighted by Crippen LogP contribution is -2.67. The summed E-state index contributed by atoms with van der Waals surface area (Å²) in [5.41, 5.74) is 0.645. The highest BCUT2D eigenvalue weighted by Gasteiger charge is 2.71. The smallest absolute Gasteiger partial charge is 0.169 e. The van der Waals surface area contributed by atoms with Crippen LogP contribution in [0.3, 0.4) is 0 Å². The molecule has 1 atom stereocenters. The van der Waals surface area contributed by atoms with Crippen molar-refractivity contribution in [2.45, 2.75) is 71.4 Å². The molecular weight excluding hydrogens is 501 g/mol. The van der Waals surface area contributed by atoms with E-state index in [9.17, 15) is 4.79 Å². The third kappa shape index (κ3) is 4.14. The summed E-state index contributed by atoms with van der Waals surface area (Å²) in [6.07, 6.45) is 4.43. The van der Waals surface area contributed by atoms with Crippen molar-refractivity contribution in [3.05, 3.63) is 109 Å². The van der Waals surface area contributed by atoms with E-state index >= 15 is 0 Å². The van der Waals surface area contributed by atoms with Gasteiger partial charge in [0.15, 0.2) is 5.78 Å². The molecule has 0 heterocycles. The maximum atomic E-state index is 14.9. The van der Waals surface area contributed by atoms with Crippen molar-refractivity contribution in [2.75, 3.05) is 0 Å². The Hall–Kier alpha value is -2.97. The molecule has 4 aromatic carbocycles. The molecule has 0 radical (unpaired) electrons. The zero-order chi connectivity index (χ0) is 28.2. The van der Waals surface area contributed by atoms with Crippen LogP contribution in [0.2, 0.25) is 11.1 Å². The van der Waals surface area contributed by atoms with Crippen molar-refractivity contribution in [2.24, 2.45) is 22.7 Å². The minimum atomic E-state index is -2.36. The molecule has 2 bridgehead atoms. The van der Waals surface area contributed by atoms with Gasteiger partial charge in [0, 0.05) is 11.0 Å². The molecule has 0 spiro atoms. The zero-order valence-corrected chi connectivity index (χ0v) is 25.9. The Morgan fingerprint density at radius 2 is 1.32 bits per heavy atom. The molecule has 0 saturated heterocycles. The number of Topliss-reactive ketones (excluding diaryl/α,β-unsaturated/α-hetero) is 1. The summed E-state index contributed by atoms with van der Waals surface area (Å²) in [6.45, 7) is 12.2. The lowest BCUT2D eigenvalue weighted by molar-refractivity contribution is 0.0271. The molecule has 40 heavy (non-hydrogen) atoms. The minimum Gasteiger partial charge on any atom is -0.294 e. The molecule has 0 amide bonds. The van der Waals surface area contributed by atoms with Gasteiger partial charge in [-0.2, -0.15) is 0 Å². The van der Waals surface area contributed by atoms with Gasteiger partial charge in [-0.1, -0.05) is 142 Å². The molecule has 206 valence electrons. The van der Waals surface area contributed by atoms with Crippen molar-refractivity contribution in [3.63, 3.8) is 0 Å². The molecule has 2 heteroatoms. The van der Waals surface area contributed by atoms with E-state index in [-0.39, 0.29) is 15.9 Å². The standard InChI is InChI=1S/C38H44OSi/c1-28(2)23-37(27-40(36(3,4)5,33-16-8-6-9-17-33)34-18-10-7-11-19-34)24-29-25-38(37,26-29)35(39)32-21-20-30-14-12-13-15-31(30)22-32/h6-22,28-29H,23-27H2,1-5H3/t29?,37-,38?/m0/s1. The van der Waals surface area contributed by atoms with Crippen LogP contribution in [-0.2, 0) is 0 Å². The second-order valence-corrected chi connectivity index (χ2v) is 19.2. The van der Waals surface area contributed by atoms with Gasteiger partial charge in [-0.05, 0) is 70.9 Å². The number of hydrogen-bond acceptors (Lipinski definition) is 1. The molecule has 3 aliphatic carbocycles. The van der Waals surface area contributed by atoms with E-state index in [1.165, 1.54) is 27.6 Å². The van der Waals surface area contributed by atoms with Crippen LogP contribution in [0.15, 0.2) is 103 Å². The number of rotatable bonds is 8. The van der Waals surface area contributed by atoms with Gasteiger partial charge in [-0.25, -0.2) is 0 Å². The number of carbonyl (C=O) groups is 1. The first-order chi connectivity index (χ1) is 19.1. The number of benzene rings is 4. The van der Waals surface area contributed by atoms with E-state index in [2.05, 4.69) is 138 Å². The zero-order valence-electron chi connectivity index (χ0n) is 24.9. The molecule has 1 nitrogen and oxygen atoms in total. The number of carbonyl (C=O) groups excluding carboxylic acids is 1. The molecule has 0 aromatic heterocycles. The van der Waals surface area contributed by atoms with Gasteiger partial charge in [0.1, 0.15) is 8.07 Å². The van der Waals surface area contributed by atoms with Gasteiger partial charge in [0.25, 0.3) is 0 Å². The molecular formula is C38H44OSi. The van der Waals surface area contributed by atoms with Crippen LogP contribution in [0.1, 0.15) is 70.7 Å². The summed E-state index contributed by atoms with van der Waals surface area (Å²) < 4.78 is 0. The predicted octanol–water partition coefficient (Wildman–Crippen LogP) is 8.92. The number of hydrogen-bond donors (Lipinski definition) is 0. The van der Waals surface area contributed by atoms with Crippen LogP contribution in [0.4, 0.5) is 0 Å². The van der Waals surface area contributed by atoms with Gasteiger partial charge in [0.05, 0.1) is 0 Å². The second kappa shape index (κ2) is 9.84. The quantitative estimate of drug-likeness (QED) is 0.160. The van der Waals surface area contributed by atoms with Crippen molar-refractivity contribution >= 4 is 35.0 Å². The van der Waals surface area contributed by atoms with Crippen molar-refractivity contribution in [3.8, 4) is 0 Å². The van der Waals surface area contributed by atoms with E-state index in [4.69, 9.17) is 0 Å². The molecule has 4 aromatic rings. The predicted molar refractivity (Wildman–Crippen MR) is 172 cm³/mol. The first-order valence-corrected chi connectivity index (χ1v) is 17.5. The Kier molecular flexibility index (Phi) is 6.69. The SMILES string of the molecule is CC(C)C[C@@]1(C[Si](c2ccccc2)(c2ccccc2)C(C)(C)C)CC2CC1(C(=O)c1ccc3ccccc3c1)C2. The molecule has 3 saturated carbocycles. The third-order valence-electron chi connectivity index (χ3n) is 10.6. The first kappa shape index (κ1) is 27.2. The Morgan fingerprint density at radius 1 is 0.775 bits per heavy atom. The van der Waals surface area contributed by atoms with Crippen LogP contribution in [0.25, 0.3) is 10.8 Å². The van der Waals surface area contributed by atoms with Crippen LogP contribution < -0.4 is 10.4 Å². The maximum Gasteiger partial charge on any atom is 0.169 e. The van der Waals surface area contributed by atoms with Crippen molar-refractivity contribution < 1.29 is 4.79 Å². The average Bonchev–Trinajstić information content (AvgIpc) is 3.40. The van der Waals surface area contributed by atoms with Gasteiger partial charge >= 0.3 is 0 Å². The topological polar surface area (TPSA) is 17.1 Å². The summed E-state index contributed by atoms with van der Waals surface area (Å²) in [5.74, 6) is 1.62. The molecule has 0 aliphatic heterocycles. The molecule has 0 unspecified atom stereocenters. The van der Waals surface area contributed by atoms with Crippen LogP contribution in [0.5, 0.6) is 0 Å². The highest BCUT2D eigenvalue weighted by atomic mass is 28.3. The van der Waals surface area contributed by atoms with Gasteiger partial charge in [-0.15, -0.1) is 0 Å². The molecule has 3 fully saturated rings. The molecule has 3 aliphatic rings. The fourth-order valence-corrected chi connectivity index (χ4v) is 15.3. The van der Waals surface area contributed by atoms with Crippen LogP contribution in [-0.4, -0.2) is 13.9 Å². The van der Waals surface area contributed by atoms with Crippen LogP contribution >= 0.6 is 0 Å². The number of ketones is 1. The fourth-order valence-electron chi connectivity index (χ4n) is 9.11.